The molecule has 1 aromatic heterocycles. The molecule has 23 heavy (non-hydrogen) atoms. The number of aromatic nitrogens is 2. The summed E-state index contributed by atoms with van der Waals surface area (Å²) in [5, 5.41) is 17.1. The first-order chi connectivity index (χ1) is 11.1. The molecule has 118 valence electrons. The van der Waals surface area contributed by atoms with E-state index in [4.69, 9.17) is 0 Å². The maximum absolute atomic E-state index is 12.4. The number of benzene rings is 1. The molecule has 0 spiro atoms. The van der Waals surface area contributed by atoms with Gasteiger partial charge in [0, 0.05) is 13.1 Å². The van der Waals surface area contributed by atoms with Crippen LogP contribution in [0.3, 0.4) is 0 Å². The van der Waals surface area contributed by atoms with Gasteiger partial charge in [-0.3, -0.25) is 9.59 Å². The smallest absolute Gasteiger partial charge is 0.314 e. The molecule has 1 aromatic carbocycles. The van der Waals surface area contributed by atoms with Crippen molar-refractivity contribution in [1.29, 1.82) is 0 Å². The summed E-state index contributed by atoms with van der Waals surface area (Å²) in [6, 6.07) is 10.9. The van der Waals surface area contributed by atoms with Crippen LogP contribution in [-0.2, 0) is 10.2 Å². The van der Waals surface area contributed by atoms with Crippen molar-refractivity contribution >= 4 is 11.9 Å². The zero-order valence-electron chi connectivity index (χ0n) is 12.6. The fraction of sp³-hybridized carbons (Fsp3) is 0.294. The third-order valence-corrected chi connectivity index (χ3v) is 4.47. The van der Waals surface area contributed by atoms with Crippen molar-refractivity contribution in [3.63, 3.8) is 0 Å². The lowest BCUT2D eigenvalue weighted by Crippen LogP contribution is -2.49. The third kappa shape index (κ3) is 2.79. The number of carbonyl (C=O) groups is 2. The summed E-state index contributed by atoms with van der Waals surface area (Å²) in [6.45, 7) is 0.810. The van der Waals surface area contributed by atoms with E-state index in [-0.39, 0.29) is 5.91 Å². The molecular formula is C17H17N3O3. The number of nitrogens with zero attached hydrogens (tertiary/aromatic N) is 3. The molecule has 2 aromatic rings. The number of aliphatic carboxylic acids is 1. The normalized spacial score (nSPS) is 16.8. The number of carbonyl (C=O) groups excluding carboxylic acids is 1. The molecule has 0 unspecified atom stereocenters. The van der Waals surface area contributed by atoms with Crippen molar-refractivity contribution < 1.29 is 14.7 Å². The van der Waals surface area contributed by atoms with Crippen LogP contribution in [0.25, 0.3) is 0 Å². The van der Waals surface area contributed by atoms with Gasteiger partial charge in [0.15, 0.2) is 0 Å². The van der Waals surface area contributed by atoms with Gasteiger partial charge < -0.3 is 10.0 Å². The lowest BCUT2D eigenvalue weighted by molar-refractivity contribution is -0.145. The molecular weight excluding hydrogens is 294 g/mol. The predicted molar refractivity (Wildman–Crippen MR) is 82.9 cm³/mol. The second-order valence-corrected chi connectivity index (χ2v) is 5.68. The van der Waals surface area contributed by atoms with Crippen LogP contribution < -0.4 is 0 Å². The van der Waals surface area contributed by atoms with Gasteiger partial charge in [0.25, 0.3) is 5.91 Å². The van der Waals surface area contributed by atoms with E-state index in [0.29, 0.717) is 31.5 Å². The Morgan fingerprint density at radius 1 is 1.04 bits per heavy atom. The van der Waals surface area contributed by atoms with Crippen LogP contribution >= 0.6 is 0 Å². The zero-order valence-corrected chi connectivity index (χ0v) is 12.6. The SMILES string of the molecule is O=C(c1ccnnc1)N1CCC(C(=O)O)(c2ccccc2)CC1. The summed E-state index contributed by atoms with van der Waals surface area (Å²) in [5.74, 6) is -0.965. The Balaban J connectivity index is 1.79. The summed E-state index contributed by atoms with van der Waals surface area (Å²) < 4.78 is 0. The highest BCUT2D eigenvalue weighted by atomic mass is 16.4. The van der Waals surface area contributed by atoms with Crippen LogP contribution in [0.2, 0.25) is 0 Å². The number of amides is 1. The second-order valence-electron chi connectivity index (χ2n) is 5.68. The van der Waals surface area contributed by atoms with E-state index in [1.54, 1.807) is 11.0 Å². The number of hydrogen-bond donors (Lipinski definition) is 1. The molecule has 2 heterocycles. The quantitative estimate of drug-likeness (QED) is 0.933. The molecule has 1 N–H and O–H groups in total. The molecule has 3 rings (SSSR count). The minimum atomic E-state index is -0.922. The Kier molecular flexibility index (Phi) is 4.06. The molecule has 1 saturated heterocycles. The van der Waals surface area contributed by atoms with Crippen molar-refractivity contribution in [3.8, 4) is 0 Å². The maximum atomic E-state index is 12.4. The average molecular weight is 311 g/mol. The van der Waals surface area contributed by atoms with Gasteiger partial charge in [0.05, 0.1) is 23.4 Å². The fourth-order valence-corrected chi connectivity index (χ4v) is 3.07. The number of piperidine rings is 1. The van der Waals surface area contributed by atoms with Gasteiger partial charge >= 0.3 is 5.97 Å². The number of rotatable bonds is 3. The molecule has 0 aliphatic carbocycles. The minimum absolute atomic E-state index is 0.132. The predicted octanol–water partition coefficient (Wildman–Crippen LogP) is 1.74. The number of carboxylic acid groups (broad SMARTS) is 1. The van der Waals surface area contributed by atoms with Crippen LogP contribution in [0, 0.1) is 0 Å². The van der Waals surface area contributed by atoms with Crippen molar-refractivity contribution in [2.75, 3.05) is 13.1 Å². The largest absolute Gasteiger partial charge is 0.481 e. The summed E-state index contributed by atoms with van der Waals surface area (Å²) in [4.78, 5) is 26.0. The van der Waals surface area contributed by atoms with E-state index in [2.05, 4.69) is 10.2 Å². The van der Waals surface area contributed by atoms with Gasteiger partial charge in [-0.25, -0.2) is 0 Å². The highest BCUT2D eigenvalue weighted by Gasteiger charge is 2.43. The second kappa shape index (κ2) is 6.16. The molecule has 1 amide bonds. The Morgan fingerprint density at radius 2 is 1.74 bits per heavy atom. The van der Waals surface area contributed by atoms with Gasteiger partial charge in [0.1, 0.15) is 0 Å². The van der Waals surface area contributed by atoms with Gasteiger partial charge in [0.2, 0.25) is 0 Å². The summed E-state index contributed by atoms with van der Waals surface area (Å²) in [6.07, 6.45) is 3.70. The van der Waals surface area contributed by atoms with Crippen LogP contribution in [0.5, 0.6) is 0 Å². The number of carboxylic acids is 1. The Labute approximate surface area is 133 Å². The Hall–Kier alpha value is -2.76. The van der Waals surface area contributed by atoms with Crippen molar-refractivity contribution in [1.82, 2.24) is 15.1 Å². The maximum Gasteiger partial charge on any atom is 0.314 e. The molecule has 6 nitrogen and oxygen atoms in total. The van der Waals surface area contributed by atoms with Crippen LogP contribution in [0.15, 0.2) is 48.8 Å². The molecule has 0 radical (unpaired) electrons. The third-order valence-electron chi connectivity index (χ3n) is 4.47. The first-order valence-corrected chi connectivity index (χ1v) is 7.48. The lowest BCUT2D eigenvalue weighted by Gasteiger charge is -2.39. The van der Waals surface area contributed by atoms with Gasteiger partial charge in [-0.1, -0.05) is 30.3 Å². The molecule has 1 aliphatic rings. The van der Waals surface area contributed by atoms with E-state index in [1.807, 2.05) is 30.3 Å². The van der Waals surface area contributed by atoms with Crippen molar-refractivity contribution in [2.24, 2.45) is 0 Å². The lowest BCUT2D eigenvalue weighted by atomic mass is 9.73. The monoisotopic (exact) mass is 311 g/mol. The van der Waals surface area contributed by atoms with Crippen LogP contribution in [0.4, 0.5) is 0 Å². The minimum Gasteiger partial charge on any atom is -0.481 e. The van der Waals surface area contributed by atoms with E-state index in [9.17, 15) is 14.7 Å². The fourth-order valence-electron chi connectivity index (χ4n) is 3.07. The van der Waals surface area contributed by atoms with Gasteiger partial charge in [-0.15, -0.1) is 0 Å². The summed E-state index contributed by atoms with van der Waals surface area (Å²) >= 11 is 0. The summed E-state index contributed by atoms with van der Waals surface area (Å²) in [5.41, 5.74) is 0.349. The van der Waals surface area contributed by atoms with E-state index < -0.39 is 11.4 Å². The molecule has 0 atom stereocenters. The number of hydrogen-bond acceptors (Lipinski definition) is 4. The Morgan fingerprint density at radius 3 is 2.30 bits per heavy atom. The molecule has 0 saturated carbocycles. The number of likely N-dealkylation sites (tertiary alicyclic amines) is 1. The zero-order chi connectivity index (χ0) is 16.3. The van der Waals surface area contributed by atoms with Crippen LogP contribution in [-0.4, -0.2) is 45.2 Å². The van der Waals surface area contributed by atoms with Gasteiger partial charge in [-0.2, -0.15) is 10.2 Å². The van der Waals surface area contributed by atoms with Crippen molar-refractivity contribution in [3.05, 3.63) is 59.9 Å². The van der Waals surface area contributed by atoms with E-state index >= 15 is 0 Å². The highest BCUT2D eigenvalue weighted by molar-refractivity contribution is 5.94. The summed E-state index contributed by atoms with van der Waals surface area (Å²) in [7, 11) is 0. The highest BCUT2D eigenvalue weighted by Crippen LogP contribution is 2.36. The van der Waals surface area contributed by atoms with Gasteiger partial charge in [-0.05, 0) is 24.5 Å². The molecule has 0 bridgehead atoms. The molecule has 1 aliphatic heterocycles. The average Bonchev–Trinajstić information content (AvgIpc) is 2.62. The van der Waals surface area contributed by atoms with Crippen LogP contribution in [0.1, 0.15) is 28.8 Å². The van der Waals surface area contributed by atoms with Crippen molar-refractivity contribution in [2.45, 2.75) is 18.3 Å². The van der Waals surface area contributed by atoms with E-state index in [1.165, 1.54) is 12.4 Å². The topological polar surface area (TPSA) is 83.4 Å². The molecule has 1 fully saturated rings. The molecule has 6 heteroatoms. The Bertz CT molecular complexity index is 696. The first-order valence-electron chi connectivity index (χ1n) is 7.48. The standard InChI is InChI=1S/C17H17N3O3/c21-15(13-6-9-18-19-12-13)20-10-7-17(8-11-20,16(22)23)14-4-2-1-3-5-14/h1-6,9,12H,7-8,10-11H2,(H,22,23). The first kappa shape index (κ1) is 15.1. The van der Waals surface area contributed by atoms with E-state index in [0.717, 1.165) is 5.56 Å².